The van der Waals surface area contributed by atoms with Crippen LogP contribution >= 0.6 is 0 Å². The highest BCUT2D eigenvalue weighted by Gasteiger charge is 2.16. The van der Waals surface area contributed by atoms with Gasteiger partial charge >= 0.3 is 11.9 Å². The van der Waals surface area contributed by atoms with Gasteiger partial charge in [0.05, 0.1) is 0 Å². The van der Waals surface area contributed by atoms with Gasteiger partial charge in [-0.1, -0.05) is 130 Å². The Kier molecular flexibility index (Phi) is 32.4. The minimum atomic E-state index is -0.0415. The van der Waals surface area contributed by atoms with Crippen LogP contribution in [-0.4, -0.2) is 49.7 Å². The third kappa shape index (κ3) is 30.9. The fourth-order valence-electron chi connectivity index (χ4n) is 6.01. The highest BCUT2D eigenvalue weighted by molar-refractivity contribution is 5.69. The fraction of sp³-hybridized carbons (Fsp3) is 0.949. The molecule has 0 bridgehead atoms. The molecule has 2 atom stereocenters. The zero-order chi connectivity index (χ0) is 32.5. The summed E-state index contributed by atoms with van der Waals surface area (Å²) in [6.45, 7) is 7.68. The lowest BCUT2D eigenvalue weighted by molar-refractivity contribution is -0.151. The summed E-state index contributed by atoms with van der Waals surface area (Å²) >= 11 is 0. The van der Waals surface area contributed by atoms with Gasteiger partial charge in [-0.25, -0.2) is 0 Å². The molecule has 0 rings (SSSR count). The van der Waals surface area contributed by atoms with E-state index in [0.29, 0.717) is 12.8 Å². The highest BCUT2D eigenvalue weighted by Crippen LogP contribution is 2.20. The van der Waals surface area contributed by atoms with Crippen molar-refractivity contribution in [3.63, 3.8) is 0 Å². The van der Waals surface area contributed by atoms with Gasteiger partial charge < -0.3 is 14.4 Å². The molecular weight excluding hydrogens is 546 g/mol. The molecule has 5 heteroatoms. The van der Waals surface area contributed by atoms with E-state index in [9.17, 15) is 9.59 Å². The van der Waals surface area contributed by atoms with Crippen molar-refractivity contribution in [2.75, 3.05) is 20.6 Å². The van der Waals surface area contributed by atoms with Crippen LogP contribution in [0.5, 0.6) is 0 Å². The van der Waals surface area contributed by atoms with E-state index >= 15 is 0 Å². The number of ether oxygens (including phenoxy) is 2. The van der Waals surface area contributed by atoms with Crippen molar-refractivity contribution < 1.29 is 19.1 Å². The van der Waals surface area contributed by atoms with Crippen LogP contribution in [0.2, 0.25) is 0 Å². The number of unbranched alkanes of at least 4 members (excludes halogenated alkanes) is 18. The van der Waals surface area contributed by atoms with Crippen molar-refractivity contribution in [2.45, 2.75) is 219 Å². The Morgan fingerprint density at radius 2 is 0.727 bits per heavy atom. The molecule has 0 fully saturated rings. The molecule has 0 saturated carbocycles. The van der Waals surface area contributed by atoms with Crippen molar-refractivity contribution >= 4 is 11.9 Å². The van der Waals surface area contributed by atoms with Crippen LogP contribution in [-0.2, 0) is 19.1 Å². The van der Waals surface area contributed by atoms with E-state index < -0.39 is 0 Å². The first-order valence-corrected chi connectivity index (χ1v) is 19.5. The molecule has 0 aliphatic heterocycles. The maximum atomic E-state index is 12.7. The summed E-state index contributed by atoms with van der Waals surface area (Å²) in [6, 6.07) is 0. The van der Waals surface area contributed by atoms with E-state index in [1.807, 2.05) is 14.1 Å². The molecule has 0 amide bonds. The molecule has 2 unspecified atom stereocenters. The molecule has 0 aromatic rings. The fourth-order valence-corrected chi connectivity index (χ4v) is 6.01. The first-order chi connectivity index (χ1) is 21.4. The van der Waals surface area contributed by atoms with Gasteiger partial charge in [-0.05, 0) is 84.8 Å². The van der Waals surface area contributed by atoms with E-state index in [0.717, 1.165) is 70.8 Å². The second kappa shape index (κ2) is 33.3. The van der Waals surface area contributed by atoms with Gasteiger partial charge in [0.15, 0.2) is 0 Å². The molecule has 0 N–H and O–H groups in total. The van der Waals surface area contributed by atoms with Gasteiger partial charge in [-0.3, -0.25) is 9.59 Å². The average Bonchev–Trinajstić information content (AvgIpc) is 2.99. The Morgan fingerprint density at radius 1 is 0.432 bits per heavy atom. The maximum absolute atomic E-state index is 12.7. The van der Waals surface area contributed by atoms with Gasteiger partial charge in [0.2, 0.25) is 0 Å². The van der Waals surface area contributed by atoms with Crippen LogP contribution in [0.25, 0.3) is 0 Å². The largest absolute Gasteiger partial charge is 0.462 e. The first kappa shape index (κ1) is 42.9. The number of rotatable bonds is 34. The topological polar surface area (TPSA) is 55.8 Å². The summed E-state index contributed by atoms with van der Waals surface area (Å²) in [5.41, 5.74) is 0. The Labute approximate surface area is 275 Å². The second-order valence-corrected chi connectivity index (χ2v) is 13.8. The number of carbonyl (C=O) groups excluding carboxylic acids is 2. The molecule has 262 valence electrons. The number of nitrogens with zero attached hydrogens (tertiary/aromatic N) is 1. The Hall–Kier alpha value is -1.10. The Morgan fingerprint density at radius 3 is 1.07 bits per heavy atom. The van der Waals surface area contributed by atoms with Crippen LogP contribution < -0.4 is 0 Å². The SMILES string of the molecule is CCCCCCCCCC(CCCCCCCC)OC(=O)CCCCCCC(CCCCCCC)OC(=O)CCCN(C)C. The summed E-state index contributed by atoms with van der Waals surface area (Å²) in [7, 11) is 4.08. The van der Waals surface area contributed by atoms with E-state index in [1.54, 1.807) is 0 Å². The van der Waals surface area contributed by atoms with Crippen molar-refractivity contribution in [1.82, 2.24) is 4.90 Å². The van der Waals surface area contributed by atoms with Crippen LogP contribution in [0.4, 0.5) is 0 Å². The summed E-state index contributed by atoms with van der Waals surface area (Å²) < 4.78 is 12.0. The van der Waals surface area contributed by atoms with Crippen LogP contribution in [0.1, 0.15) is 207 Å². The van der Waals surface area contributed by atoms with Gasteiger partial charge in [0.1, 0.15) is 12.2 Å². The predicted octanol–water partition coefficient (Wildman–Crippen LogP) is 11.7. The third-order valence-corrected chi connectivity index (χ3v) is 8.88. The molecule has 0 aliphatic rings. The smallest absolute Gasteiger partial charge is 0.306 e. The zero-order valence-corrected chi connectivity index (χ0v) is 30.4. The molecule has 0 spiro atoms. The van der Waals surface area contributed by atoms with Gasteiger partial charge in [-0.2, -0.15) is 0 Å². The first-order valence-electron chi connectivity index (χ1n) is 19.5. The summed E-state index contributed by atoms with van der Waals surface area (Å²) in [4.78, 5) is 27.3. The standard InChI is InChI=1S/C39H77NO4/c1-6-9-12-15-17-20-25-31-36(30-24-19-16-13-10-7-2)43-38(41)33-27-22-21-26-32-37(29-23-18-14-11-8-3)44-39(42)34-28-35-40(4)5/h36-37H,6-35H2,1-5H3. The highest BCUT2D eigenvalue weighted by atomic mass is 16.5. The lowest BCUT2D eigenvalue weighted by Gasteiger charge is -2.19. The maximum Gasteiger partial charge on any atom is 0.306 e. The predicted molar refractivity (Wildman–Crippen MR) is 189 cm³/mol. The molecule has 0 heterocycles. The van der Waals surface area contributed by atoms with E-state index in [2.05, 4.69) is 25.7 Å². The van der Waals surface area contributed by atoms with Gasteiger partial charge in [0.25, 0.3) is 0 Å². The lowest BCUT2D eigenvalue weighted by atomic mass is 10.0. The molecule has 0 aromatic carbocycles. The molecular formula is C39H77NO4. The van der Waals surface area contributed by atoms with Crippen LogP contribution in [0, 0.1) is 0 Å². The quantitative estimate of drug-likeness (QED) is 0.0527. The van der Waals surface area contributed by atoms with E-state index in [1.165, 1.54) is 109 Å². The van der Waals surface area contributed by atoms with Gasteiger partial charge in [0, 0.05) is 12.8 Å². The molecule has 0 aliphatic carbocycles. The Balaban J connectivity index is 4.40. The van der Waals surface area contributed by atoms with Crippen molar-refractivity contribution in [3.8, 4) is 0 Å². The minimum absolute atomic E-state index is 0.000499. The van der Waals surface area contributed by atoms with E-state index in [4.69, 9.17) is 9.47 Å². The molecule has 0 saturated heterocycles. The minimum Gasteiger partial charge on any atom is -0.462 e. The number of esters is 2. The molecule has 5 nitrogen and oxygen atoms in total. The van der Waals surface area contributed by atoms with Crippen molar-refractivity contribution in [3.05, 3.63) is 0 Å². The average molecular weight is 624 g/mol. The summed E-state index contributed by atoms with van der Waals surface area (Å²) in [6.07, 6.45) is 33.0. The number of hydrogen-bond donors (Lipinski definition) is 0. The zero-order valence-electron chi connectivity index (χ0n) is 30.4. The lowest BCUT2D eigenvalue weighted by Crippen LogP contribution is -2.20. The normalized spacial score (nSPS) is 12.9. The summed E-state index contributed by atoms with van der Waals surface area (Å²) in [5.74, 6) is -0.0410. The molecule has 44 heavy (non-hydrogen) atoms. The van der Waals surface area contributed by atoms with Crippen molar-refractivity contribution in [1.29, 1.82) is 0 Å². The molecule has 0 aromatic heterocycles. The van der Waals surface area contributed by atoms with E-state index in [-0.39, 0.29) is 24.1 Å². The van der Waals surface area contributed by atoms with Crippen LogP contribution in [0.15, 0.2) is 0 Å². The van der Waals surface area contributed by atoms with Crippen LogP contribution in [0.3, 0.4) is 0 Å². The number of hydrogen-bond acceptors (Lipinski definition) is 5. The van der Waals surface area contributed by atoms with Crippen molar-refractivity contribution in [2.24, 2.45) is 0 Å². The number of carbonyl (C=O) groups is 2. The third-order valence-electron chi connectivity index (χ3n) is 8.88. The Bertz CT molecular complexity index is 623. The second-order valence-electron chi connectivity index (χ2n) is 13.8. The van der Waals surface area contributed by atoms with Gasteiger partial charge in [-0.15, -0.1) is 0 Å². The molecule has 0 radical (unpaired) electrons. The monoisotopic (exact) mass is 624 g/mol. The summed E-state index contributed by atoms with van der Waals surface area (Å²) in [5, 5.41) is 0.